The zero-order valence-electron chi connectivity index (χ0n) is 11.9. The zero-order valence-corrected chi connectivity index (χ0v) is 11.9. The number of pyridine rings is 1. The lowest BCUT2D eigenvalue weighted by Crippen LogP contribution is -2.25. The van der Waals surface area contributed by atoms with Crippen LogP contribution >= 0.6 is 0 Å². The van der Waals surface area contributed by atoms with Gasteiger partial charge in [-0.1, -0.05) is 6.42 Å². The molecule has 0 fully saturated rings. The molecule has 0 saturated carbocycles. The monoisotopic (exact) mass is 279 g/mol. The smallest absolute Gasteiger partial charge is 0.303 e. The number of hydrogen-bond acceptors (Lipinski definition) is 4. The number of carbonyl (C=O) groups is 2. The number of nitrogens with zero attached hydrogens (tertiary/aromatic N) is 2. The molecule has 1 amide bonds. The van der Waals surface area contributed by atoms with E-state index in [9.17, 15) is 9.59 Å². The molecule has 0 aromatic carbocycles. The summed E-state index contributed by atoms with van der Waals surface area (Å²) in [5, 5.41) is 11.3. The fraction of sp³-hybridized carbons (Fsp3) is 0.500. The Morgan fingerprint density at radius 2 is 2.05 bits per heavy atom. The molecule has 1 rings (SSSR count). The maximum absolute atomic E-state index is 11.9. The van der Waals surface area contributed by atoms with Crippen molar-refractivity contribution in [1.29, 1.82) is 0 Å². The molecule has 0 saturated heterocycles. The topological polar surface area (TPSA) is 82.5 Å². The zero-order chi connectivity index (χ0) is 15.0. The molecule has 6 heteroatoms. The Labute approximate surface area is 118 Å². The minimum atomic E-state index is -0.776. The standard InChI is InChI=1S/C14H21N3O3/c1-17(2)12-10-11(7-9-15-12)14(20)16-8-5-3-4-6-13(18)19/h7,9-10H,3-6,8H2,1-2H3,(H,16,20)(H,18,19). The van der Waals surface area contributed by atoms with Crippen LogP contribution in [0.5, 0.6) is 0 Å². The van der Waals surface area contributed by atoms with Crippen LogP contribution in [0.4, 0.5) is 5.82 Å². The van der Waals surface area contributed by atoms with Crippen molar-refractivity contribution in [2.24, 2.45) is 0 Å². The summed E-state index contributed by atoms with van der Waals surface area (Å²) in [5.41, 5.74) is 0.578. The van der Waals surface area contributed by atoms with Crippen molar-refractivity contribution in [3.8, 4) is 0 Å². The van der Waals surface area contributed by atoms with Gasteiger partial charge in [-0.2, -0.15) is 0 Å². The molecule has 110 valence electrons. The number of aromatic nitrogens is 1. The molecule has 1 aromatic rings. The van der Waals surface area contributed by atoms with Crippen molar-refractivity contribution in [3.05, 3.63) is 23.9 Å². The number of unbranched alkanes of at least 4 members (excludes halogenated alkanes) is 2. The largest absolute Gasteiger partial charge is 0.481 e. The maximum Gasteiger partial charge on any atom is 0.303 e. The van der Waals surface area contributed by atoms with Crippen LogP contribution in [0.15, 0.2) is 18.3 Å². The second kappa shape index (κ2) is 8.14. The van der Waals surface area contributed by atoms with Gasteiger partial charge in [-0.05, 0) is 25.0 Å². The lowest BCUT2D eigenvalue weighted by atomic mass is 10.2. The van der Waals surface area contributed by atoms with Crippen LogP contribution in [0, 0.1) is 0 Å². The van der Waals surface area contributed by atoms with E-state index in [0.717, 1.165) is 18.7 Å². The van der Waals surface area contributed by atoms with Gasteiger partial charge in [0.1, 0.15) is 5.82 Å². The van der Waals surface area contributed by atoms with Crippen LogP contribution in [0.25, 0.3) is 0 Å². The number of amides is 1. The summed E-state index contributed by atoms with van der Waals surface area (Å²) < 4.78 is 0. The van der Waals surface area contributed by atoms with Gasteiger partial charge in [0.05, 0.1) is 0 Å². The van der Waals surface area contributed by atoms with Gasteiger partial charge < -0.3 is 15.3 Å². The summed E-state index contributed by atoms with van der Waals surface area (Å²) in [7, 11) is 3.74. The molecule has 1 heterocycles. The number of carboxylic acids is 1. The highest BCUT2D eigenvalue weighted by molar-refractivity contribution is 5.94. The van der Waals surface area contributed by atoms with E-state index in [1.165, 1.54) is 0 Å². The highest BCUT2D eigenvalue weighted by Crippen LogP contribution is 2.09. The number of anilines is 1. The molecular weight excluding hydrogens is 258 g/mol. The Morgan fingerprint density at radius 1 is 1.30 bits per heavy atom. The summed E-state index contributed by atoms with van der Waals surface area (Å²) in [5.74, 6) is -0.171. The molecule has 0 radical (unpaired) electrons. The molecule has 6 nitrogen and oxygen atoms in total. The first kappa shape index (κ1) is 15.9. The average Bonchev–Trinajstić information content (AvgIpc) is 2.42. The number of nitrogens with one attached hydrogen (secondary N) is 1. The first-order valence-corrected chi connectivity index (χ1v) is 6.64. The number of hydrogen-bond donors (Lipinski definition) is 2. The molecule has 0 bridgehead atoms. The normalized spacial score (nSPS) is 10.1. The second-order valence-electron chi connectivity index (χ2n) is 4.76. The van der Waals surface area contributed by atoms with Gasteiger partial charge in [0.2, 0.25) is 0 Å². The molecule has 0 aliphatic carbocycles. The summed E-state index contributed by atoms with van der Waals surface area (Å²) in [6.45, 7) is 0.554. The highest BCUT2D eigenvalue weighted by Gasteiger charge is 2.07. The van der Waals surface area contributed by atoms with E-state index >= 15 is 0 Å². The third-order valence-corrected chi connectivity index (χ3v) is 2.82. The molecule has 0 atom stereocenters. The molecule has 0 unspecified atom stereocenters. The minimum Gasteiger partial charge on any atom is -0.481 e. The van der Waals surface area contributed by atoms with Gasteiger partial charge >= 0.3 is 5.97 Å². The molecule has 0 aliphatic rings. The fourth-order valence-corrected chi connectivity index (χ4v) is 1.69. The van der Waals surface area contributed by atoms with E-state index < -0.39 is 5.97 Å². The van der Waals surface area contributed by atoms with Crippen molar-refractivity contribution in [2.45, 2.75) is 25.7 Å². The van der Waals surface area contributed by atoms with Crippen LogP contribution in [-0.4, -0.2) is 42.6 Å². The van der Waals surface area contributed by atoms with E-state index in [0.29, 0.717) is 18.5 Å². The Morgan fingerprint density at radius 3 is 2.70 bits per heavy atom. The van der Waals surface area contributed by atoms with Gasteiger partial charge in [0.25, 0.3) is 5.91 Å². The Bertz CT molecular complexity index is 461. The van der Waals surface area contributed by atoms with E-state index in [4.69, 9.17) is 5.11 Å². The molecule has 0 aliphatic heterocycles. The molecular formula is C14H21N3O3. The quantitative estimate of drug-likeness (QED) is 0.705. The number of carbonyl (C=O) groups excluding carboxylic acids is 1. The predicted molar refractivity (Wildman–Crippen MR) is 77.0 cm³/mol. The number of rotatable bonds is 8. The van der Waals surface area contributed by atoms with Gasteiger partial charge in [0.15, 0.2) is 0 Å². The van der Waals surface area contributed by atoms with E-state index in [-0.39, 0.29) is 12.3 Å². The first-order valence-electron chi connectivity index (χ1n) is 6.64. The minimum absolute atomic E-state index is 0.131. The second-order valence-corrected chi connectivity index (χ2v) is 4.76. The highest BCUT2D eigenvalue weighted by atomic mass is 16.4. The van der Waals surface area contributed by atoms with Crippen molar-refractivity contribution in [2.75, 3.05) is 25.5 Å². The van der Waals surface area contributed by atoms with Crippen LogP contribution < -0.4 is 10.2 Å². The SMILES string of the molecule is CN(C)c1cc(C(=O)NCCCCCC(=O)O)ccn1. The van der Waals surface area contributed by atoms with Crippen molar-refractivity contribution < 1.29 is 14.7 Å². The lowest BCUT2D eigenvalue weighted by Gasteiger charge is -2.12. The van der Waals surface area contributed by atoms with Crippen LogP contribution in [0.3, 0.4) is 0 Å². The van der Waals surface area contributed by atoms with Crippen LogP contribution in [0.2, 0.25) is 0 Å². The summed E-state index contributed by atoms with van der Waals surface area (Å²) >= 11 is 0. The first-order chi connectivity index (χ1) is 9.50. The lowest BCUT2D eigenvalue weighted by molar-refractivity contribution is -0.137. The fourth-order valence-electron chi connectivity index (χ4n) is 1.69. The Balaban J connectivity index is 2.32. The molecule has 0 spiro atoms. The third-order valence-electron chi connectivity index (χ3n) is 2.82. The Hall–Kier alpha value is -2.11. The van der Waals surface area contributed by atoms with E-state index in [2.05, 4.69) is 10.3 Å². The molecule has 1 aromatic heterocycles. The van der Waals surface area contributed by atoms with Gasteiger partial charge in [0, 0.05) is 38.8 Å². The van der Waals surface area contributed by atoms with Crippen LogP contribution in [-0.2, 0) is 4.79 Å². The number of carboxylic acid groups (broad SMARTS) is 1. The third kappa shape index (κ3) is 5.69. The van der Waals surface area contributed by atoms with Gasteiger partial charge in [-0.15, -0.1) is 0 Å². The molecule has 2 N–H and O–H groups in total. The van der Waals surface area contributed by atoms with Gasteiger partial charge in [-0.25, -0.2) is 4.98 Å². The summed E-state index contributed by atoms with van der Waals surface area (Å²) in [4.78, 5) is 28.2. The molecule has 20 heavy (non-hydrogen) atoms. The van der Waals surface area contributed by atoms with E-state index in [1.54, 1.807) is 18.3 Å². The van der Waals surface area contributed by atoms with E-state index in [1.807, 2.05) is 19.0 Å². The average molecular weight is 279 g/mol. The summed E-state index contributed by atoms with van der Waals surface area (Å²) in [6, 6.07) is 3.41. The van der Waals surface area contributed by atoms with Crippen molar-refractivity contribution in [3.63, 3.8) is 0 Å². The predicted octanol–water partition coefficient (Wildman–Crippen LogP) is 1.52. The maximum atomic E-state index is 11.9. The number of aliphatic carboxylic acids is 1. The summed E-state index contributed by atoms with van der Waals surface area (Å²) in [6.07, 6.45) is 4.02. The van der Waals surface area contributed by atoms with Crippen molar-refractivity contribution >= 4 is 17.7 Å². The van der Waals surface area contributed by atoms with Crippen molar-refractivity contribution in [1.82, 2.24) is 10.3 Å². The Kier molecular flexibility index (Phi) is 6.49. The van der Waals surface area contributed by atoms with Gasteiger partial charge in [-0.3, -0.25) is 9.59 Å². The van der Waals surface area contributed by atoms with Crippen LogP contribution in [0.1, 0.15) is 36.0 Å².